The van der Waals surface area contributed by atoms with E-state index >= 15 is 0 Å². The SMILES string of the molecule is CC(=O)OCC(N)C#N. The highest BCUT2D eigenvalue weighted by Crippen LogP contribution is 1.79. The lowest BCUT2D eigenvalue weighted by Crippen LogP contribution is -2.24. The summed E-state index contributed by atoms with van der Waals surface area (Å²) < 4.78 is 4.41. The lowest BCUT2D eigenvalue weighted by atomic mass is 10.4. The normalized spacial score (nSPS) is 11.7. The Bertz CT molecular complexity index is 138. The molecule has 0 aromatic heterocycles. The summed E-state index contributed by atoms with van der Waals surface area (Å²) in [5.41, 5.74) is 5.08. The molecule has 1 unspecified atom stereocenters. The number of esters is 1. The van der Waals surface area contributed by atoms with Crippen molar-refractivity contribution in [2.45, 2.75) is 13.0 Å². The molecule has 0 bridgehead atoms. The molecule has 0 radical (unpaired) electrons. The summed E-state index contributed by atoms with van der Waals surface area (Å²) in [6.07, 6.45) is 0. The molecule has 0 aromatic rings. The number of hydrogen-bond donors (Lipinski definition) is 1. The fourth-order valence-electron chi connectivity index (χ4n) is 0.244. The van der Waals surface area contributed by atoms with Crippen molar-refractivity contribution in [2.75, 3.05) is 6.61 Å². The highest BCUT2D eigenvalue weighted by Gasteiger charge is 2.00. The minimum absolute atomic E-state index is 0.0220. The molecule has 0 aliphatic rings. The van der Waals surface area contributed by atoms with E-state index in [1.165, 1.54) is 6.92 Å². The highest BCUT2D eigenvalue weighted by molar-refractivity contribution is 5.65. The van der Waals surface area contributed by atoms with Gasteiger partial charge in [0.25, 0.3) is 0 Å². The van der Waals surface area contributed by atoms with Gasteiger partial charge < -0.3 is 10.5 Å². The molecule has 0 fully saturated rings. The van der Waals surface area contributed by atoms with Crippen molar-refractivity contribution >= 4 is 5.97 Å². The molecule has 0 aromatic carbocycles. The van der Waals surface area contributed by atoms with E-state index in [0.717, 1.165) is 0 Å². The smallest absolute Gasteiger partial charge is 0.302 e. The van der Waals surface area contributed by atoms with Crippen LogP contribution in [0.5, 0.6) is 0 Å². The molecule has 4 heteroatoms. The Morgan fingerprint density at radius 2 is 2.56 bits per heavy atom. The molecule has 0 aliphatic heterocycles. The lowest BCUT2D eigenvalue weighted by Gasteiger charge is -2.00. The molecule has 0 amide bonds. The highest BCUT2D eigenvalue weighted by atomic mass is 16.5. The molecule has 0 spiro atoms. The zero-order valence-corrected chi connectivity index (χ0v) is 5.13. The summed E-state index contributed by atoms with van der Waals surface area (Å²) in [5.74, 6) is -0.416. The molecule has 0 saturated heterocycles. The largest absolute Gasteiger partial charge is 0.463 e. The van der Waals surface area contributed by atoms with Crippen LogP contribution >= 0.6 is 0 Å². The van der Waals surface area contributed by atoms with Gasteiger partial charge in [0, 0.05) is 6.92 Å². The van der Waals surface area contributed by atoms with Crippen molar-refractivity contribution in [3.05, 3.63) is 0 Å². The van der Waals surface area contributed by atoms with Crippen LogP contribution in [0.1, 0.15) is 6.92 Å². The quantitative estimate of drug-likeness (QED) is 0.504. The average Bonchev–Trinajstić information content (AvgIpc) is 1.83. The van der Waals surface area contributed by atoms with Crippen molar-refractivity contribution in [3.8, 4) is 6.07 Å². The monoisotopic (exact) mass is 128 g/mol. The fraction of sp³-hybridized carbons (Fsp3) is 0.600. The third-order valence-corrected chi connectivity index (χ3v) is 0.632. The number of hydrogen-bond acceptors (Lipinski definition) is 4. The first-order chi connectivity index (χ1) is 4.16. The van der Waals surface area contributed by atoms with Gasteiger partial charge in [0.15, 0.2) is 0 Å². The van der Waals surface area contributed by atoms with E-state index in [1.807, 2.05) is 0 Å². The van der Waals surface area contributed by atoms with Gasteiger partial charge in [0.05, 0.1) is 6.07 Å². The molecule has 50 valence electrons. The molecular formula is C5H8N2O2. The van der Waals surface area contributed by atoms with Crippen LogP contribution in [0.3, 0.4) is 0 Å². The summed E-state index contributed by atoms with van der Waals surface area (Å²) in [4.78, 5) is 10.1. The van der Waals surface area contributed by atoms with E-state index in [0.29, 0.717) is 0 Å². The maximum Gasteiger partial charge on any atom is 0.302 e. The van der Waals surface area contributed by atoms with Gasteiger partial charge in [0.2, 0.25) is 0 Å². The number of ether oxygens (including phenoxy) is 1. The van der Waals surface area contributed by atoms with Gasteiger partial charge in [-0.1, -0.05) is 0 Å². The van der Waals surface area contributed by atoms with E-state index in [-0.39, 0.29) is 6.61 Å². The predicted octanol–water partition coefficient (Wildman–Crippen LogP) is -0.600. The second kappa shape index (κ2) is 3.87. The first-order valence-electron chi connectivity index (χ1n) is 2.45. The summed E-state index contributed by atoms with van der Waals surface area (Å²) in [6.45, 7) is 1.25. The van der Waals surface area contributed by atoms with Gasteiger partial charge in [-0.15, -0.1) is 0 Å². The Kier molecular flexibility index (Phi) is 3.40. The number of carbonyl (C=O) groups excluding carboxylic acids is 1. The number of carbonyl (C=O) groups is 1. The van der Waals surface area contributed by atoms with Crippen LogP contribution < -0.4 is 5.73 Å². The van der Waals surface area contributed by atoms with Gasteiger partial charge >= 0.3 is 5.97 Å². The second-order valence-electron chi connectivity index (χ2n) is 1.54. The number of nitriles is 1. The number of nitrogens with zero attached hydrogens (tertiary/aromatic N) is 1. The van der Waals surface area contributed by atoms with E-state index in [9.17, 15) is 4.79 Å². The molecule has 2 N–H and O–H groups in total. The molecule has 9 heavy (non-hydrogen) atoms. The van der Waals surface area contributed by atoms with Gasteiger partial charge in [-0.05, 0) is 0 Å². The number of nitrogens with two attached hydrogens (primary N) is 1. The molecule has 0 rings (SSSR count). The summed E-state index contributed by atoms with van der Waals surface area (Å²) in [5, 5.41) is 8.08. The van der Waals surface area contributed by atoms with E-state index in [1.54, 1.807) is 6.07 Å². The van der Waals surface area contributed by atoms with Crippen LogP contribution in [-0.4, -0.2) is 18.6 Å². The van der Waals surface area contributed by atoms with E-state index in [2.05, 4.69) is 4.74 Å². The summed E-state index contributed by atoms with van der Waals surface area (Å²) in [7, 11) is 0. The van der Waals surface area contributed by atoms with Gasteiger partial charge in [-0.3, -0.25) is 4.79 Å². The van der Waals surface area contributed by atoms with E-state index in [4.69, 9.17) is 11.0 Å². The van der Waals surface area contributed by atoms with Crippen molar-refractivity contribution in [2.24, 2.45) is 5.73 Å². The average molecular weight is 128 g/mol. The Hall–Kier alpha value is -1.08. The standard InChI is InChI=1S/C5H8N2O2/c1-4(8)9-3-5(7)2-6/h5H,3,7H2,1H3. The molecule has 0 saturated carbocycles. The molecule has 1 atom stereocenters. The van der Waals surface area contributed by atoms with Crippen LogP contribution in [0, 0.1) is 11.3 Å². The summed E-state index contributed by atoms with van der Waals surface area (Å²) >= 11 is 0. The van der Waals surface area contributed by atoms with Gasteiger partial charge in [-0.2, -0.15) is 5.26 Å². The van der Waals surface area contributed by atoms with Crippen molar-refractivity contribution in [1.82, 2.24) is 0 Å². The first-order valence-corrected chi connectivity index (χ1v) is 2.45. The van der Waals surface area contributed by atoms with Crippen LogP contribution in [0.25, 0.3) is 0 Å². The Morgan fingerprint density at radius 3 is 2.89 bits per heavy atom. The zero-order chi connectivity index (χ0) is 7.28. The van der Waals surface area contributed by atoms with Crippen molar-refractivity contribution < 1.29 is 9.53 Å². The van der Waals surface area contributed by atoms with Crippen molar-refractivity contribution in [3.63, 3.8) is 0 Å². The van der Waals surface area contributed by atoms with Crippen molar-refractivity contribution in [1.29, 1.82) is 5.26 Å². The molecular weight excluding hydrogens is 120 g/mol. The maximum atomic E-state index is 10.1. The fourth-order valence-corrected chi connectivity index (χ4v) is 0.244. The Morgan fingerprint density at radius 1 is 2.00 bits per heavy atom. The topological polar surface area (TPSA) is 76.1 Å². The Balaban J connectivity index is 3.30. The van der Waals surface area contributed by atoms with Gasteiger partial charge in [-0.25, -0.2) is 0 Å². The Labute approximate surface area is 53.2 Å². The van der Waals surface area contributed by atoms with Gasteiger partial charge in [0.1, 0.15) is 12.6 Å². The maximum absolute atomic E-state index is 10.1. The molecule has 4 nitrogen and oxygen atoms in total. The first kappa shape index (κ1) is 7.92. The molecule has 0 aliphatic carbocycles. The summed E-state index contributed by atoms with van der Waals surface area (Å²) in [6, 6.07) is 1.02. The lowest BCUT2D eigenvalue weighted by molar-refractivity contribution is -0.141. The predicted molar refractivity (Wildman–Crippen MR) is 30.2 cm³/mol. The van der Waals surface area contributed by atoms with Crippen LogP contribution in [0.4, 0.5) is 0 Å². The minimum atomic E-state index is -0.700. The number of rotatable bonds is 2. The third-order valence-electron chi connectivity index (χ3n) is 0.632. The minimum Gasteiger partial charge on any atom is -0.463 e. The molecule has 0 heterocycles. The second-order valence-corrected chi connectivity index (χ2v) is 1.54. The van der Waals surface area contributed by atoms with E-state index < -0.39 is 12.0 Å². The van der Waals surface area contributed by atoms with Crippen LogP contribution in [0.15, 0.2) is 0 Å². The van der Waals surface area contributed by atoms with Crippen LogP contribution in [0.2, 0.25) is 0 Å². The zero-order valence-electron chi connectivity index (χ0n) is 5.13. The van der Waals surface area contributed by atoms with Crippen LogP contribution in [-0.2, 0) is 9.53 Å². The third kappa shape index (κ3) is 4.78.